The maximum atomic E-state index is 10.3. The molecule has 15 heavy (non-hydrogen) atoms. The lowest BCUT2D eigenvalue weighted by atomic mass is 10.1. The van der Waals surface area contributed by atoms with E-state index < -0.39 is 10.2 Å². The largest absolute Gasteiger partial charge is 0.453 e. The van der Waals surface area contributed by atoms with Gasteiger partial charge in [0, 0.05) is 5.69 Å². The molecule has 6 nitrogen and oxygen atoms in total. The van der Waals surface area contributed by atoms with Crippen LogP contribution < -0.4 is 19.3 Å². The minimum Gasteiger partial charge on any atom is -0.296 e. The topological polar surface area (TPSA) is 103 Å². The number of nitrogens with one attached hydrogen (secondary N) is 1. The van der Waals surface area contributed by atoms with Crippen LogP contribution in [0.25, 0.3) is 0 Å². The van der Waals surface area contributed by atoms with E-state index in [1.165, 1.54) is 0 Å². The van der Waals surface area contributed by atoms with Crippen LogP contribution in [0.3, 0.4) is 0 Å². The summed E-state index contributed by atoms with van der Waals surface area (Å²) in [5.74, 6) is 0. The molecule has 0 aromatic heterocycles. The van der Waals surface area contributed by atoms with Crippen LogP contribution in [0.15, 0.2) is 29.3 Å². The van der Waals surface area contributed by atoms with Crippen LogP contribution in [0.2, 0.25) is 0 Å². The fourth-order valence-corrected chi connectivity index (χ4v) is 1.49. The van der Waals surface area contributed by atoms with Crippen molar-refractivity contribution in [1.82, 2.24) is 0 Å². The van der Waals surface area contributed by atoms with Gasteiger partial charge >= 0.3 is 6.02 Å². The first kappa shape index (κ1) is 10.2. The van der Waals surface area contributed by atoms with Crippen LogP contribution in [0, 0.1) is 10.2 Å². The molecular weight excluding hydrogens is 224 g/mol. The molecule has 1 aromatic rings. The molecule has 0 fully saturated rings. The minimum absolute atomic E-state index is 0.281. The smallest absolute Gasteiger partial charge is 0.296 e. The summed E-state index contributed by atoms with van der Waals surface area (Å²) in [5, 5.41) is 2.60. The lowest BCUT2D eigenvalue weighted by Crippen LogP contribution is -2.62. The Kier molecular flexibility index (Phi) is 2.49. The first-order valence-electron chi connectivity index (χ1n) is 4.04. The third-order valence-corrected chi connectivity index (χ3v) is 2.15. The highest BCUT2D eigenvalue weighted by atomic mass is 35.7. The molecule has 0 saturated carbocycles. The number of benzene rings is 1. The number of hydrogen-bond donors (Lipinski definition) is 1. The van der Waals surface area contributed by atoms with Gasteiger partial charge < -0.3 is 0 Å². The zero-order valence-electron chi connectivity index (χ0n) is 7.47. The number of nitrogens with zero attached hydrogens (tertiary/aromatic N) is 1. The van der Waals surface area contributed by atoms with Crippen LogP contribution in [-0.2, 0) is 10.8 Å². The fraction of sp³-hybridized carbons (Fsp3) is 0.125. The van der Waals surface area contributed by atoms with Crippen molar-refractivity contribution in [3.8, 4) is 0 Å². The minimum atomic E-state index is -4.50. The third kappa shape index (κ3) is 2.57. The van der Waals surface area contributed by atoms with Gasteiger partial charge in [0.2, 0.25) is 0 Å². The Morgan fingerprint density at radius 2 is 2.00 bits per heavy atom. The predicted molar refractivity (Wildman–Crippen MR) is 42.3 cm³/mol. The molecule has 0 bridgehead atoms. The van der Waals surface area contributed by atoms with Gasteiger partial charge in [-0.2, -0.15) is 14.0 Å². The molecule has 0 unspecified atom stereocenters. The highest BCUT2D eigenvalue weighted by molar-refractivity contribution is 5.90. The van der Waals surface area contributed by atoms with E-state index in [4.69, 9.17) is 0 Å². The maximum absolute atomic E-state index is 10.3. The Balaban J connectivity index is 2.13. The number of para-hydroxylation sites is 1. The van der Waals surface area contributed by atoms with Gasteiger partial charge in [0.1, 0.15) is 10.2 Å². The highest BCUT2D eigenvalue weighted by Gasteiger charge is 2.26. The van der Waals surface area contributed by atoms with Crippen molar-refractivity contribution >= 4 is 11.7 Å². The van der Waals surface area contributed by atoms with Crippen molar-refractivity contribution < 1.29 is 28.5 Å². The van der Waals surface area contributed by atoms with E-state index in [2.05, 4.69) is 14.6 Å². The number of amidine groups is 1. The van der Waals surface area contributed by atoms with Gasteiger partial charge in [-0.15, -0.1) is 0 Å². The molecule has 0 saturated heterocycles. The predicted octanol–water partition coefficient (Wildman–Crippen LogP) is -2.12. The van der Waals surface area contributed by atoms with Crippen molar-refractivity contribution in [2.45, 2.75) is 6.54 Å². The van der Waals surface area contributed by atoms with E-state index >= 15 is 0 Å². The molecule has 7 heteroatoms. The molecule has 0 atom stereocenters. The molecular formula is C8H7ClN2O4. The maximum Gasteiger partial charge on any atom is 0.453 e. The molecule has 1 heterocycles. The zero-order chi connectivity index (χ0) is 10.9. The second-order valence-electron chi connectivity index (χ2n) is 2.86. The van der Waals surface area contributed by atoms with E-state index in [0.29, 0.717) is 5.69 Å². The summed E-state index contributed by atoms with van der Waals surface area (Å²) in [4.78, 5) is 3.75. The van der Waals surface area contributed by atoms with Gasteiger partial charge in [-0.1, -0.05) is 18.2 Å². The fourth-order valence-electron chi connectivity index (χ4n) is 1.23. The van der Waals surface area contributed by atoms with Gasteiger partial charge in [-0.3, -0.25) is 5.32 Å². The first-order chi connectivity index (χ1) is 7.04. The summed E-state index contributed by atoms with van der Waals surface area (Å²) in [6.07, 6.45) is 0. The number of anilines is 1. The highest BCUT2D eigenvalue weighted by Crippen LogP contribution is 2.20. The summed E-state index contributed by atoms with van der Waals surface area (Å²) in [6.45, 7) is 0.281. The normalized spacial score (nSPS) is 15.0. The van der Waals surface area contributed by atoms with E-state index in [0.717, 1.165) is 5.56 Å². The third-order valence-electron chi connectivity index (χ3n) is 1.82. The standard InChI is InChI=1S/C8H7ClN2O4/c12-9(13,14)15-8-10-5-6-3-1-2-4-7(6)11-8/h1-4H,5H2,(H,10,11). The summed E-state index contributed by atoms with van der Waals surface area (Å²) in [5.41, 5.74) is 1.59. The Hall–Kier alpha value is -1.34. The van der Waals surface area contributed by atoms with Crippen LogP contribution in [-0.4, -0.2) is 6.02 Å². The second-order valence-corrected chi connectivity index (χ2v) is 3.77. The molecule has 1 aliphatic heterocycles. The van der Waals surface area contributed by atoms with E-state index in [9.17, 15) is 14.0 Å². The monoisotopic (exact) mass is 230 g/mol. The van der Waals surface area contributed by atoms with Crippen molar-refractivity contribution in [1.29, 1.82) is 0 Å². The molecule has 0 amide bonds. The SMILES string of the molecule is [O-][Cl+3]([O-])([O-])OC1=NCc2ccccc2N1. The number of aliphatic imine (C=N–C) groups is 1. The quantitative estimate of drug-likeness (QED) is 0.594. The average molecular weight is 231 g/mol. The molecule has 0 aliphatic carbocycles. The Morgan fingerprint density at radius 1 is 1.27 bits per heavy atom. The van der Waals surface area contributed by atoms with Gasteiger partial charge in [0.25, 0.3) is 0 Å². The molecule has 0 spiro atoms. The first-order valence-corrected chi connectivity index (χ1v) is 5.28. The van der Waals surface area contributed by atoms with Gasteiger partial charge in [-0.25, -0.2) is 4.99 Å². The number of rotatable bonds is 1. The lowest BCUT2D eigenvalue weighted by Gasteiger charge is -2.17. The second kappa shape index (κ2) is 3.67. The number of halogens is 1. The average Bonchev–Trinajstić information content (AvgIpc) is 2.15. The van der Waals surface area contributed by atoms with Crippen molar-refractivity contribution in [3.05, 3.63) is 29.8 Å². The van der Waals surface area contributed by atoms with Crippen LogP contribution in [0.1, 0.15) is 5.56 Å². The molecule has 1 aliphatic rings. The summed E-state index contributed by atoms with van der Waals surface area (Å²) < 4.78 is 34.9. The molecule has 80 valence electrons. The van der Waals surface area contributed by atoms with Crippen molar-refractivity contribution in [2.75, 3.05) is 5.32 Å². The Bertz CT molecular complexity index is 402. The number of hydrogen-bond acceptors (Lipinski definition) is 6. The molecule has 1 N–H and O–H groups in total. The van der Waals surface area contributed by atoms with Gasteiger partial charge in [0.15, 0.2) is 0 Å². The van der Waals surface area contributed by atoms with E-state index in [-0.39, 0.29) is 12.6 Å². The van der Waals surface area contributed by atoms with Crippen molar-refractivity contribution in [3.63, 3.8) is 0 Å². The number of fused-ring (bicyclic) bond motifs is 1. The molecule has 1 aromatic carbocycles. The lowest BCUT2D eigenvalue weighted by molar-refractivity contribution is -1.91. The molecule has 0 radical (unpaired) electrons. The Labute approximate surface area is 87.6 Å². The molecule has 2 rings (SSSR count). The van der Waals surface area contributed by atoms with Crippen molar-refractivity contribution in [2.24, 2.45) is 4.99 Å². The van der Waals surface area contributed by atoms with E-state index in [1.807, 2.05) is 12.1 Å². The summed E-state index contributed by atoms with van der Waals surface area (Å²) >= 11 is 0. The van der Waals surface area contributed by atoms with Gasteiger partial charge in [0.05, 0.1) is 6.54 Å². The van der Waals surface area contributed by atoms with Crippen LogP contribution in [0.5, 0.6) is 0 Å². The zero-order valence-corrected chi connectivity index (χ0v) is 8.23. The summed E-state index contributed by atoms with van der Waals surface area (Å²) in [7, 11) is -4.50. The Morgan fingerprint density at radius 3 is 2.73 bits per heavy atom. The van der Waals surface area contributed by atoms with Crippen LogP contribution in [0.4, 0.5) is 5.69 Å². The van der Waals surface area contributed by atoms with E-state index in [1.54, 1.807) is 12.1 Å². The summed E-state index contributed by atoms with van der Waals surface area (Å²) in [6, 6.07) is 6.89. The van der Waals surface area contributed by atoms with Gasteiger partial charge in [-0.05, 0) is 15.9 Å². The van der Waals surface area contributed by atoms with Crippen LogP contribution >= 0.6 is 0 Å².